The Morgan fingerprint density at radius 1 is 1.30 bits per heavy atom. The van der Waals surface area contributed by atoms with Crippen LogP contribution in [-0.2, 0) is 6.54 Å². The molecule has 1 aromatic heterocycles. The minimum absolute atomic E-state index is 0.574. The minimum Gasteiger partial charge on any atom is -0.330 e. The zero-order valence-corrected chi connectivity index (χ0v) is 11.8. The molecular weight excluding hydrogens is 250 g/mol. The summed E-state index contributed by atoms with van der Waals surface area (Å²) >= 11 is 0. The van der Waals surface area contributed by atoms with Crippen LogP contribution in [0.4, 0.5) is 0 Å². The molecule has 1 aliphatic heterocycles. The van der Waals surface area contributed by atoms with E-state index in [-0.39, 0.29) is 0 Å². The third-order valence-corrected chi connectivity index (χ3v) is 4.02. The van der Waals surface area contributed by atoms with E-state index >= 15 is 0 Å². The van der Waals surface area contributed by atoms with Crippen molar-refractivity contribution in [2.45, 2.75) is 25.9 Å². The van der Waals surface area contributed by atoms with Crippen LogP contribution in [0.5, 0.6) is 0 Å². The molecule has 0 amide bonds. The van der Waals surface area contributed by atoms with Gasteiger partial charge in [-0.15, -0.1) is 0 Å². The van der Waals surface area contributed by atoms with E-state index in [0.717, 1.165) is 31.0 Å². The van der Waals surface area contributed by atoms with Gasteiger partial charge in [-0.3, -0.25) is 4.90 Å². The van der Waals surface area contributed by atoms with E-state index in [1.807, 2.05) is 36.5 Å². The third kappa shape index (κ3) is 2.73. The van der Waals surface area contributed by atoms with Gasteiger partial charge in [-0.1, -0.05) is 18.2 Å². The van der Waals surface area contributed by atoms with Crippen molar-refractivity contribution in [2.24, 2.45) is 11.7 Å². The molecule has 5 nitrogen and oxygen atoms in total. The van der Waals surface area contributed by atoms with E-state index < -0.39 is 0 Å². The van der Waals surface area contributed by atoms with Crippen LogP contribution in [0.2, 0.25) is 0 Å². The molecule has 2 unspecified atom stereocenters. The highest BCUT2D eigenvalue weighted by atomic mass is 15.5. The first-order chi connectivity index (χ1) is 9.76. The van der Waals surface area contributed by atoms with Crippen LogP contribution >= 0.6 is 0 Å². The molecule has 0 spiro atoms. The van der Waals surface area contributed by atoms with E-state index in [0.29, 0.717) is 12.0 Å². The smallest absolute Gasteiger partial charge is 0.0971 e. The highest BCUT2D eigenvalue weighted by Crippen LogP contribution is 2.23. The van der Waals surface area contributed by atoms with Crippen LogP contribution in [0, 0.1) is 5.92 Å². The Balaban J connectivity index is 1.69. The van der Waals surface area contributed by atoms with Gasteiger partial charge in [0.05, 0.1) is 17.6 Å². The van der Waals surface area contributed by atoms with Gasteiger partial charge in [0.2, 0.25) is 0 Å². The van der Waals surface area contributed by atoms with Gasteiger partial charge in [0.1, 0.15) is 0 Å². The molecule has 1 aliphatic rings. The first-order valence-electron chi connectivity index (χ1n) is 7.17. The van der Waals surface area contributed by atoms with Gasteiger partial charge in [0.25, 0.3) is 0 Å². The molecule has 0 radical (unpaired) electrons. The zero-order chi connectivity index (χ0) is 13.9. The number of nitrogens with two attached hydrogens (primary N) is 1. The highest BCUT2D eigenvalue weighted by molar-refractivity contribution is 5.28. The Morgan fingerprint density at radius 2 is 2.10 bits per heavy atom. The Kier molecular flexibility index (Phi) is 3.80. The van der Waals surface area contributed by atoms with Crippen LogP contribution in [0.1, 0.15) is 19.0 Å². The monoisotopic (exact) mass is 271 g/mol. The van der Waals surface area contributed by atoms with E-state index in [1.54, 1.807) is 4.80 Å². The fourth-order valence-corrected chi connectivity index (χ4v) is 2.87. The normalized spacial score (nSPS) is 23.3. The molecule has 0 aliphatic carbocycles. The van der Waals surface area contributed by atoms with Crippen LogP contribution in [-0.4, -0.2) is 39.0 Å². The molecule has 1 fully saturated rings. The molecule has 2 heterocycles. The summed E-state index contributed by atoms with van der Waals surface area (Å²) < 4.78 is 0. The number of likely N-dealkylation sites (tertiary alicyclic amines) is 1. The average Bonchev–Trinajstić information content (AvgIpc) is 3.08. The van der Waals surface area contributed by atoms with Gasteiger partial charge in [0, 0.05) is 19.1 Å². The Morgan fingerprint density at radius 3 is 2.80 bits per heavy atom. The summed E-state index contributed by atoms with van der Waals surface area (Å²) in [6, 6.07) is 10.6. The number of hydrogen-bond acceptors (Lipinski definition) is 4. The lowest BCUT2D eigenvalue weighted by Crippen LogP contribution is -2.27. The van der Waals surface area contributed by atoms with Crippen LogP contribution in [0.15, 0.2) is 36.5 Å². The first kappa shape index (κ1) is 13.3. The molecule has 20 heavy (non-hydrogen) atoms. The number of hydrogen-bond donors (Lipinski definition) is 1. The van der Waals surface area contributed by atoms with Crippen molar-refractivity contribution in [3.63, 3.8) is 0 Å². The highest BCUT2D eigenvalue weighted by Gasteiger charge is 2.28. The lowest BCUT2D eigenvalue weighted by molar-refractivity contribution is 0.252. The lowest BCUT2D eigenvalue weighted by Gasteiger charge is -2.19. The Labute approximate surface area is 119 Å². The van der Waals surface area contributed by atoms with Crippen molar-refractivity contribution in [3.05, 3.63) is 42.2 Å². The van der Waals surface area contributed by atoms with Crippen molar-refractivity contribution in [1.29, 1.82) is 0 Å². The van der Waals surface area contributed by atoms with E-state index in [1.165, 1.54) is 6.42 Å². The molecule has 1 saturated heterocycles. The summed E-state index contributed by atoms with van der Waals surface area (Å²) in [5.74, 6) is 0.620. The van der Waals surface area contributed by atoms with Gasteiger partial charge in [-0.05, 0) is 37.9 Å². The number of aromatic nitrogens is 3. The second kappa shape index (κ2) is 5.73. The lowest BCUT2D eigenvalue weighted by atomic mass is 10.1. The number of rotatable bonds is 4. The maximum atomic E-state index is 5.77. The largest absolute Gasteiger partial charge is 0.330 e. The summed E-state index contributed by atoms with van der Waals surface area (Å²) in [4.78, 5) is 4.13. The second-order valence-corrected chi connectivity index (χ2v) is 5.58. The third-order valence-electron chi connectivity index (χ3n) is 4.02. The predicted molar refractivity (Wildman–Crippen MR) is 78.4 cm³/mol. The van der Waals surface area contributed by atoms with Gasteiger partial charge in [0.15, 0.2) is 0 Å². The van der Waals surface area contributed by atoms with Gasteiger partial charge in [-0.2, -0.15) is 15.0 Å². The number of benzene rings is 1. The molecule has 5 heteroatoms. The molecule has 2 atom stereocenters. The fourth-order valence-electron chi connectivity index (χ4n) is 2.87. The Bertz CT molecular complexity index is 550. The molecule has 3 rings (SSSR count). The summed E-state index contributed by atoms with van der Waals surface area (Å²) in [6.07, 6.45) is 3.04. The first-order valence-corrected chi connectivity index (χ1v) is 7.17. The maximum Gasteiger partial charge on any atom is 0.0971 e. The van der Waals surface area contributed by atoms with Crippen molar-refractivity contribution in [3.8, 4) is 5.69 Å². The van der Waals surface area contributed by atoms with Crippen LogP contribution < -0.4 is 5.73 Å². The molecule has 2 aromatic rings. The molecule has 1 aromatic carbocycles. The number of nitrogens with zero attached hydrogens (tertiary/aromatic N) is 4. The van der Waals surface area contributed by atoms with Crippen LogP contribution in [0.3, 0.4) is 0 Å². The van der Waals surface area contributed by atoms with E-state index in [4.69, 9.17) is 5.73 Å². The Hall–Kier alpha value is -1.72. The predicted octanol–water partition coefficient (Wildman–Crippen LogP) is 1.44. The standard InChI is InChI=1S/C15H21N5/c1-12-7-13(8-16)10-19(12)11-14-9-17-20(18-14)15-5-3-2-4-6-15/h2-6,9,12-13H,7-8,10-11,16H2,1H3. The van der Waals surface area contributed by atoms with E-state index in [9.17, 15) is 0 Å². The summed E-state index contributed by atoms with van der Waals surface area (Å²) in [7, 11) is 0. The summed E-state index contributed by atoms with van der Waals surface area (Å²) in [5.41, 5.74) is 7.78. The van der Waals surface area contributed by atoms with Crippen molar-refractivity contribution in [1.82, 2.24) is 19.9 Å². The van der Waals surface area contributed by atoms with Gasteiger partial charge in [-0.25, -0.2) is 0 Å². The quantitative estimate of drug-likeness (QED) is 0.914. The fraction of sp³-hybridized carbons (Fsp3) is 0.467. The topological polar surface area (TPSA) is 60.0 Å². The zero-order valence-electron chi connectivity index (χ0n) is 11.8. The maximum absolute atomic E-state index is 5.77. The van der Waals surface area contributed by atoms with Crippen molar-refractivity contribution < 1.29 is 0 Å². The van der Waals surface area contributed by atoms with Crippen LogP contribution in [0.25, 0.3) is 5.69 Å². The second-order valence-electron chi connectivity index (χ2n) is 5.58. The molecule has 2 N–H and O–H groups in total. The summed E-state index contributed by atoms with van der Waals surface area (Å²) in [5, 5.41) is 8.91. The van der Waals surface area contributed by atoms with Gasteiger partial charge < -0.3 is 5.73 Å². The number of para-hydroxylation sites is 1. The SMILES string of the molecule is CC1CC(CN)CN1Cc1cnn(-c2ccccc2)n1. The minimum atomic E-state index is 0.574. The summed E-state index contributed by atoms with van der Waals surface area (Å²) in [6.45, 7) is 4.95. The van der Waals surface area contributed by atoms with Crippen molar-refractivity contribution in [2.75, 3.05) is 13.1 Å². The molecular formula is C15H21N5. The molecule has 106 valence electrons. The molecule has 0 bridgehead atoms. The van der Waals surface area contributed by atoms with Gasteiger partial charge >= 0.3 is 0 Å². The van der Waals surface area contributed by atoms with E-state index in [2.05, 4.69) is 22.0 Å². The van der Waals surface area contributed by atoms with Crippen molar-refractivity contribution >= 4 is 0 Å². The molecule has 0 saturated carbocycles. The average molecular weight is 271 g/mol.